The number of nitro groups is 1. The quantitative estimate of drug-likeness (QED) is 0.0238. The standard InChI is InChI=1S/C37H47N5O12/c1-24(2)34(41-32(45)10-6-4-3-5-9-29(43)17-20-33(46)47)31(44)22-26(8-7-21-39-36(38)49)35(48)40-27-13-11-25(12-14-27)23-53-37(50)54-30-18-15-28(16-19-30)42(51)52/h11-20,24,26,34H,3-10,21-23H2,1-2H3,(H,40,48)(H,41,45)(H,46,47)(H3,38,39,49)/b20-17-/t26-,34+/m1/s1. The monoisotopic (exact) mass is 753 g/mol. The van der Waals surface area contributed by atoms with E-state index >= 15 is 0 Å². The third kappa shape index (κ3) is 17.9. The molecule has 0 heterocycles. The lowest BCUT2D eigenvalue weighted by Crippen LogP contribution is -2.45. The van der Waals surface area contributed by atoms with Gasteiger partial charge < -0.3 is 36.3 Å². The van der Waals surface area contributed by atoms with E-state index in [9.17, 15) is 43.7 Å². The number of anilines is 1. The van der Waals surface area contributed by atoms with Crippen LogP contribution in [0.2, 0.25) is 0 Å². The maximum atomic E-state index is 13.5. The molecule has 0 spiro atoms. The molecule has 0 unspecified atom stereocenters. The van der Waals surface area contributed by atoms with Gasteiger partial charge in [-0.3, -0.25) is 29.3 Å². The summed E-state index contributed by atoms with van der Waals surface area (Å²) in [6, 6.07) is 9.70. The fourth-order valence-corrected chi connectivity index (χ4v) is 5.14. The Morgan fingerprint density at radius 1 is 0.889 bits per heavy atom. The van der Waals surface area contributed by atoms with Crippen LogP contribution in [0.15, 0.2) is 60.7 Å². The van der Waals surface area contributed by atoms with Gasteiger partial charge in [-0.2, -0.15) is 0 Å². The van der Waals surface area contributed by atoms with E-state index < -0.39 is 40.9 Å². The van der Waals surface area contributed by atoms with E-state index in [1.54, 1.807) is 38.1 Å². The number of ether oxygens (including phenoxy) is 2. The second kappa shape index (κ2) is 23.4. The summed E-state index contributed by atoms with van der Waals surface area (Å²) in [6.07, 6.45) is 3.98. The highest BCUT2D eigenvalue weighted by molar-refractivity contribution is 5.97. The number of amides is 4. The lowest BCUT2D eigenvalue weighted by Gasteiger charge is -2.24. The predicted molar refractivity (Wildman–Crippen MR) is 195 cm³/mol. The van der Waals surface area contributed by atoms with Crippen LogP contribution in [-0.2, 0) is 35.3 Å². The van der Waals surface area contributed by atoms with E-state index in [0.29, 0.717) is 43.4 Å². The number of Topliss-reactive ketones (excluding diaryl/α,β-unsaturated/α-hetero) is 1. The van der Waals surface area contributed by atoms with Crippen molar-refractivity contribution in [2.45, 2.75) is 84.3 Å². The molecule has 54 heavy (non-hydrogen) atoms. The number of carbonyl (C=O) groups excluding carboxylic acids is 6. The van der Waals surface area contributed by atoms with Crippen LogP contribution in [0.25, 0.3) is 0 Å². The predicted octanol–water partition coefficient (Wildman–Crippen LogP) is 4.96. The number of allylic oxidation sites excluding steroid dienone is 1. The lowest BCUT2D eigenvalue weighted by molar-refractivity contribution is -0.384. The summed E-state index contributed by atoms with van der Waals surface area (Å²) in [5.41, 5.74) is 5.95. The van der Waals surface area contributed by atoms with Gasteiger partial charge in [0.2, 0.25) is 11.8 Å². The molecule has 0 radical (unpaired) electrons. The minimum Gasteiger partial charge on any atom is -0.478 e. The number of ketones is 2. The minimum atomic E-state index is -1.19. The molecule has 0 aromatic heterocycles. The Kier molecular flexibility index (Phi) is 19.1. The number of nitrogens with two attached hydrogens (primary N) is 1. The van der Waals surface area contributed by atoms with Gasteiger partial charge in [-0.15, -0.1) is 0 Å². The zero-order valence-electron chi connectivity index (χ0n) is 30.2. The third-order valence-corrected chi connectivity index (χ3v) is 7.99. The van der Waals surface area contributed by atoms with Gasteiger partial charge in [-0.05, 0) is 67.5 Å². The molecule has 17 nitrogen and oxygen atoms in total. The molecule has 0 aliphatic rings. The topological polar surface area (TPSA) is 263 Å². The van der Waals surface area contributed by atoms with Crippen molar-refractivity contribution in [2.24, 2.45) is 17.6 Å². The van der Waals surface area contributed by atoms with Gasteiger partial charge in [0.05, 0.1) is 11.0 Å². The van der Waals surface area contributed by atoms with Gasteiger partial charge in [0.25, 0.3) is 5.69 Å². The smallest absolute Gasteiger partial charge is 0.478 e. The number of carboxylic acid groups (broad SMARTS) is 1. The summed E-state index contributed by atoms with van der Waals surface area (Å²) in [5, 5.41) is 27.4. The zero-order chi connectivity index (χ0) is 40.0. The molecule has 292 valence electrons. The number of aliphatic carboxylic acids is 1. The number of benzene rings is 2. The molecule has 2 rings (SSSR count). The van der Waals surface area contributed by atoms with Gasteiger partial charge in [-0.25, -0.2) is 14.4 Å². The number of hydrogen-bond donors (Lipinski definition) is 5. The summed E-state index contributed by atoms with van der Waals surface area (Å²) in [7, 11) is 0. The third-order valence-electron chi connectivity index (χ3n) is 7.99. The van der Waals surface area contributed by atoms with Crippen molar-refractivity contribution in [3.8, 4) is 5.75 Å². The van der Waals surface area contributed by atoms with Crippen LogP contribution in [-0.4, -0.2) is 64.2 Å². The van der Waals surface area contributed by atoms with Crippen molar-refractivity contribution < 1.29 is 53.1 Å². The van der Waals surface area contributed by atoms with Crippen molar-refractivity contribution in [1.82, 2.24) is 10.6 Å². The number of unbranched alkanes of at least 4 members (excludes halogenated alkanes) is 3. The Morgan fingerprint density at radius 2 is 1.54 bits per heavy atom. The van der Waals surface area contributed by atoms with Crippen molar-refractivity contribution in [2.75, 3.05) is 11.9 Å². The average molecular weight is 754 g/mol. The second-order valence-corrected chi connectivity index (χ2v) is 12.7. The molecule has 2 aromatic carbocycles. The molecule has 0 bridgehead atoms. The molecule has 2 atom stereocenters. The fourth-order valence-electron chi connectivity index (χ4n) is 5.14. The van der Waals surface area contributed by atoms with Crippen molar-refractivity contribution >= 4 is 52.9 Å². The first-order valence-corrected chi connectivity index (χ1v) is 17.4. The second-order valence-electron chi connectivity index (χ2n) is 12.7. The van der Waals surface area contributed by atoms with E-state index in [0.717, 1.165) is 12.2 Å². The molecular weight excluding hydrogens is 706 g/mol. The highest BCUT2D eigenvalue weighted by Gasteiger charge is 2.29. The van der Waals surface area contributed by atoms with Crippen molar-refractivity contribution in [3.05, 3.63) is 76.4 Å². The van der Waals surface area contributed by atoms with Crippen LogP contribution in [0.4, 0.5) is 21.0 Å². The van der Waals surface area contributed by atoms with Gasteiger partial charge in [0.15, 0.2) is 11.6 Å². The Balaban J connectivity index is 1.92. The largest absolute Gasteiger partial charge is 0.514 e. The molecule has 6 N–H and O–H groups in total. The number of carboxylic acids is 1. The number of urea groups is 1. The number of nitrogens with zero attached hydrogens (tertiary/aromatic N) is 1. The molecule has 0 fully saturated rings. The van der Waals surface area contributed by atoms with Gasteiger partial charge in [0, 0.05) is 55.6 Å². The van der Waals surface area contributed by atoms with Gasteiger partial charge in [-0.1, -0.05) is 38.8 Å². The van der Waals surface area contributed by atoms with Crippen LogP contribution in [0.3, 0.4) is 0 Å². The van der Waals surface area contributed by atoms with Crippen LogP contribution in [0.1, 0.15) is 77.2 Å². The van der Waals surface area contributed by atoms with E-state index in [2.05, 4.69) is 16.0 Å². The Hall–Kier alpha value is -6.13. The summed E-state index contributed by atoms with van der Waals surface area (Å²) < 4.78 is 10.1. The number of primary amides is 1. The first kappa shape index (κ1) is 44.0. The van der Waals surface area contributed by atoms with Crippen LogP contribution < -0.4 is 26.4 Å². The summed E-state index contributed by atoms with van der Waals surface area (Å²) in [5.74, 6) is -3.60. The van der Waals surface area contributed by atoms with Gasteiger partial charge >= 0.3 is 18.2 Å². The highest BCUT2D eigenvalue weighted by Crippen LogP contribution is 2.21. The minimum absolute atomic E-state index is 0.0639. The zero-order valence-corrected chi connectivity index (χ0v) is 30.2. The number of carbonyl (C=O) groups is 7. The Bertz CT molecular complexity index is 1640. The maximum Gasteiger partial charge on any atom is 0.514 e. The molecule has 2 aromatic rings. The first-order valence-electron chi connectivity index (χ1n) is 17.4. The van der Waals surface area contributed by atoms with Crippen LogP contribution >= 0.6 is 0 Å². The average Bonchev–Trinajstić information content (AvgIpc) is 3.11. The number of hydrogen-bond acceptors (Lipinski definition) is 11. The summed E-state index contributed by atoms with van der Waals surface area (Å²) in [4.78, 5) is 95.2. The van der Waals surface area contributed by atoms with Crippen molar-refractivity contribution in [1.29, 1.82) is 0 Å². The number of rotatable bonds is 24. The lowest BCUT2D eigenvalue weighted by atomic mass is 9.89. The molecule has 0 saturated heterocycles. The van der Waals surface area contributed by atoms with E-state index in [1.807, 2.05) is 0 Å². The van der Waals surface area contributed by atoms with E-state index in [1.165, 1.54) is 24.3 Å². The summed E-state index contributed by atoms with van der Waals surface area (Å²) in [6.45, 7) is 3.59. The molecular formula is C37H47N5O12. The highest BCUT2D eigenvalue weighted by atomic mass is 16.7. The van der Waals surface area contributed by atoms with E-state index in [-0.39, 0.29) is 73.7 Å². The van der Waals surface area contributed by atoms with E-state index in [4.69, 9.17) is 20.3 Å². The molecule has 0 aliphatic heterocycles. The SMILES string of the molecule is CC(C)[C@H](NC(=O)CCCCCCC(=O)/C=C\C(=O)O)C(=O)C[C@@H](CCCNC(N)=O)C(=O)Nc1ccc(COC(=O)Oc2ccc([N+](=O)[O-])cc2)cc1. The Labute approximate surface area is 312 Å². The normalized spacial score (nSPS) is 12.0. The molecule has 0 aliphatic carbocycles. The van der Waals surface area contributed by atoms with Crippen LogP contribution in [0, 0.1) is 22.0 Å². The van der Waals surface area contributed by atoms with Gasteiger partial charge in [0.1, 0.15) is 12.4 Å². The molecule has 0 saturated carbocycles. The number of nitro benzene ring substituents is 1. The summed E-state index contributed by atoms with van der Waals surface area (Å²) >= 11 is 0. The number of non-ortho nitro benzene ring substituents is 1. The maximum absolute atomic E-state index is 13.5. The van der Waals surface area contributed by atoms with Crippen molar-refractivity contribution in [3.63, 3.8) is 0 Å². The number of nitrogens with one attached hydrogen (secondary N) is 3. The Morgan fingerprint density at radius 3 is 2.13 bits per heavy atom. The van der Waals surface area contributed by atoms with Crippen LogP contribution in [0.5, 0.6) is 5.75 Å². The first-order chi connectivity index (χ1) is 25.6. The molecule has 17 heteroatoms. The molecule has 4 amide bonds. The fraction of sp³-hybridized carbons (Fsp3) is 0.432.